The summed E-state index contributed by atoms with van der Waals surface area (Å²) in [6, 6.07) is 0. The van der Waals surface area contributed by atoms with E-state index in [1.807, 2.05) is 7.05 Å². The molecular weight excluding hydrogens is 415 g/mol. The van der Waals surface area contributed by atoms with E-state index in [2.05, 4.69) is 43.8 Å². The highest BCUT2D eigenvalue weighted by Crippen LogP contribution is 2.32. The van der Waals surface area contributed by atoms with Gasteiger partial charge in [-0.1, -0.05) is 20.3 Å². The monoisotopic (exact) mass is 446 g/mol. The molecule has 0 radical (unpaired) electrons. The van der Waals surface area contributed by atoms with Crippen LogP contribution >= 0.6 is 24.0 Å². The minimum atomic E-state index is 0. The zero-order valence-electron chi connectivity index (χ0n) is 15.2. The predicted octanol–water partition coefficient (Wildman–Crippen LogP) is 2.82. The zero-order chi connectivity index (χ0) is 16.3. The molecule has 0 aromatic carbocycles. The van der Waals surface area contributed by atoms with Crippen LogP contribution in [0.2, 0.25) is 0 Å². The summed E-state index contributed by atoms with van der Waals surface area (Å²) in [6.45, 7) is 8.58. The first-order valence-corrected chi connectivity index (χ1v) is 9.02. The van der Waals surface area contributed by atoms with Crippen molar-refractivity contribution in [3.05, 3.63) is 11.6 Å². The van der Waals surface area contributed by atoms with Crippen molar-refractivity contribution in [2.75, 3.05) is 20.1 Å². The van der Waals surface area contributed by atoms with Crippen molar-refractivity contribution in [2.24, 2.45) is 10.4 Å². The Labute approximate surface area is 162 Å². The summed E-state index contributed by atoms with van der Waals surface area (Å²) >= 11 is 0. The number of halogens is 1. The van der Waals surface area contributed by atoms with Crippen LogP contribution < -0.4 is 5.32 Å². The van der Waals surface area contributed by atoms with Gasteiger partial charge in [-0.3, -0.25) is 4.99 Å². The lowest BCUT2D eigenvalue weighted by molar-refractivity contribution is 0.322. The second kappa shape index (κ2) is 8.49. The van der Waals surface area contributed by atoms with Gasteiger partial charge in [-0.05, 0) is 31.1 Å². The van der Waals surface area contributed by atoms with Gasteiger partial charge in [0.15, 0.2) is 11.8 Å². The lowest BCUT2D eigenvalue weighted by atomic mass is 9.87. The van der Waals surface area contributed by atoms with Crippen LogP contribution in [0.5, 0.6) is 0 Å². The van der Waals surface area contributed by atoms with Crippen molar-refractivity contribution in [3.63, 3.8) is 0 Å². The van der Waals surface area contributed by atoms with Crippen LogP contribution in [-0.2, 0) is 19.5 Å². The van der Waals surface area contributed by atoms with Crippen LogP contribution in [0.1, 0.15) is 57.6 Å². The van der Waals surface area contributed by atoms with Crippen LogP contribution in [0.3, 0.4) is 0 Å². The van der Waals surface area contributed by atoms with E-state index in [4.69, 9.17) is 0 Å². The van der Waals surface area contributed by atoms with Crippen molar-refractivity contribution in [2.45, 2.75) is 65.5 Å². The molecule has 0 amide bonds. The van der Waals surface area contributed by atoms with Crippen molar-refractivity contribution in [1.82, 2.24) is 25.0 Å². The molecule has 0 saturated carbocycles. The van der Waals surface area contributed by atoms with Crippen LogP contribution in [-0.4, -0.2) is 45.8 Å². The van der Waals surface area contributed by atoms with Gasteiger partial charge < -0.3 is 14.8 Å². The first kappa shape index (κ1) is 19.5. The second-order valence-electron chi connectivity index (χ2n) is 7.23. The molecule has 6 nitrogen and oxygen atoms in total. The number of rotatable bonds is 3. The molecule has 1 N–H and O–H groups in total. The maximum Gasteiger partial charge on any atom is 0.194 e. The normalized spacial score (nSPS) is 24.3. The number of aryl methyl sites for hydroxylation is 1. The Bertz CT molecular complexity index is 569. The standard InChI is InChI=1S/C17H30N6.HI/c1-4-17(2)9-11-22(13-17)16(18-3)19-12-15-21-20-14-8-6-5-7-10-23(14)15;/h4-13H2,1-3H3,(H,18,19);1H. The van der Waals surface area contributed by atoms with Gasteiger partial charge in [-0.25, -0.2) is 0 Å². The Hall–Kier alpha value is -0.860. The highest BCUT2D eigenvalue weighted by atomic mass is 127. The van der Waals surface area contributed by atoms with Crippen molar-refractivity contribution in [3.8, 4) is 0 Å². The largest absolute Gasteiger partial charge is 0.349 e. The molecule has 1 unspecified atom stereocenters. The number of fused-ring (bicyclic) bond motifs is 1. The summed E-state index contributed by atoms with van der Waals surface area (Å²) in [4.78, 5) is 6.85. The van der Waals surface area contributed by atoms with Crippen LogP contribution in [0.25, 0.3) is 0 Å². The fraction of sp³-hybridized carbons (Fsp3) is 0.824. The molecule has 1 saturated heterocycles. The van der Waals surface area contributed by atoms with Gasteiger partial charge in [-0.2, -0.15) is 0 Å². The molecule has 2 aliphatic rings. The highest BCUT2D eigenvalue weighted by molar-refractivity contribution is 14.0. The minimum Gasteiger partial charge on any atom is -0.349 e. The molecule has 0 spiro atoms. The smallest absolute Gasteiger partial charge is 0.194 e. The van der Waals surface area contributed by atoms with Crippen molar-refractivity contribution < 1.29 is 0 Å². The lowest BCUT2D eigenvalue weighted by Gasteiger charge is -2.25. The van der Waals surface area contributed by atoms with E-state index < -0.39 is 0 Å². The fourth-order valence-electron chi connectivity index (χ4n) is 3.66. The van der Waals surface area contributed by atoms with E-state index in [-0.39, 0.29) is 24.0 Å². The lowest BCUT2D eigenvalue weighted by Crippen LogP contribution is -2.41. The Morgan fingerprint density at radius 3 is 2.79 bits per heavy atom. The van der Waals surface area contributed by atoms with E-state index in [1.54, 1.807) is 0 Å². The molecule has 3 heterocycles. The SMILES string of the molecule is CCC1(C)CCN(C(=NC)NCc2nnc3n2CCCCC3)C1.I. The van der Waals surface area contributed by atoms with Gasteiger partial charge in [0.05, 0.1) is 6.54 Å². The molecule has 7 heteroatoms. The predicted molar refractivity (Wildman–Crippen MR) is 108 cm³/mol. The van der Waals surface area contributed by atoms with Crippen LogP contribution in [0.4, 0.5) is 0 Å². The number of aliphatic imine (C=N–C) groups is 1. The first-order chi connectivity index (χ1) is 11.1. The molecule has 1 aromatic rings. The first-order valence-electron chi connectivity index (χ1n) is 9.02. The van der Waals surface area contributed by atoms with E-state index >= 15 is 0 Å². The summed E-state index contributed by atoms with van der Waals surface area (Å²) in [6.07, 6.45) is 7.27. The molecule has 3 rings (SSSR count). The number of likely N-dealkylation sites (tertiary alicyclic amines) is 1. The van der Waals surface area contributed by atoms with Gasteiger partial charge in [0.25, 0.3) is 0 Å². The molecule has 2 aliphatic heterocycles. The summed E-state index contributed by atoms with van der Waals surface area (Å²) in [5.74, 6) is 3.18. The maximum absolute atomic E-state index is 4.47. The third-order valence-corrected chi connectivity index (χ3v) is 5.51. The van der Waals surface area contributed by atoms with E-state index in [1.165, 1.54) is 32.1 Å². The average molecular weight is 446 g/mol. The molecular formula is C17H31IN6. The van der Waals surface area contributed by atoms with Gasteiger partial charge >= 0.3 is 0 Å². The van der Waals surface area contributed by atoms with Gasteiger partial charge in [0.1, 0.15) is 5.82 Å². The third kappa shape index (κ3) is 4.21. The highest BCUT2D eigenvalue weighted by Gasteiger charge is 2.33. The Morgan fingerprint density at radius 2 is 2.08 bits per heavy atom. The number of guanidine groups is 1. The average Bonchev–Trinajstić information content (AvgIpc) is 3.05. The topological polar surface area (TPSA) is 58.3 Å². The second-order valence-corrected chi connectivity index (χ2v) is 7.23. The minimum absolute atomic E-state index is 0. The number of hydrogen-bond donors (Lipinski definition) is 1. The summed E-state index contributed by atoms with van der Waals surface area (Å²) in [5.41, 5.74) is 0.420. The van der Waals surface area contributed by atoms with Crippen molar-refractivity contribution >= 4 is 29.9 Å². The van der Waals surface area contributed by atoms with Gasteiger partial charge in [-0.15, -0.1) is 34.2 Å². The number of hydrogen-bond acceptors (Lipinski definition) is 3. The summed E-state index contributed by atoms with van der Waals surface area (Å²) in [5, 5.41) is 12.3. The zero-order valence-corrected chi connectivity index (χ0v) is 17.5. The third-order valence-electron chi connectivity index (χ3n) is 5.51. The molecule has 24 heavy (non-hydrogen) atoms. The number of nitrogens with one attached hydrogen (secondary N) is 1. The van der Waals surface area contributed by atoms with Gasteiger partial charge in [0, 0.05) is 33.1 Å². The number of nitrogens with zero attached hydrogens (tertiary/aromatic N) is 5. The summed E-state index contributed by atoms with van der Waals surface area (Å²) < 4.78 is 2.30. The quantitative estimate of drug-likeness (QED) is 0.441. The Kier molecular flexibility index (Phi) is 6.88. The molecule has 0 bridgehead atoms. The summed E-state index contributed by atoms with van der Waals surface area (Å²) in [7, 11) is 1.87. The van der Waals surface area contributed by atoms with Gasteiger partial charge in [0.2, 0.25) is 0 Å². The van der Waals surface area contributed by atoms with E-state index in [0.29, 0.717) is 12.0 Å². The van der Waals surface area contributed by atoms with Crippen LogP contribution in [0, 0.1) is 5.41 Å². The Morgan fingerprint density at radius 1 is 1.25 bits per heavy atom. The number of aromatic nitrogens is 3. The van der Waals surface area contributed by atoms with E-state index in [9.17, 15) is 0 Å². The van der Waals surface area contributed by atoms with Crippen LogP contribution in [0.15, 0.2) is 4.99 Å². The molecule has 0 aliphatic carbocycles. The van der Waals surface area contributed by atoms with E-state index in [0.717, 1.165) is 43.7 Å². The molecule has 136 valence electrons. The molecule has 1 fully saturated rings. The van der Waals surface area contributed by atoms with Crippen molar-refractivity contribution in [1.29, 1.82) is 0 Å². The molecule has 1 atom stereocenters. The Balaban J connectivity index is 0.00000208. The maximum atomic E-state index is 4.47. The fourth-order valence-corrected chi connectivity index (χ4v) is 3.66. The molecule has 1 aromatic heterocycles.